The van der Waals surface area contributed by atoms with E-state index in [1.54, 1.807) is 4.90 Å². The predicted octanol–water partition coefficient (Wildman–Crippen LogP) is 3.83. The molecule has 0 radical (unpaired) electrons. The lowest BCUT2D eigenvalue weighted by Gasteiger charge is -2.21. The van der Waals surface area contributed by atoms with Crippen molar-refractivity contribution in [2.75, 3.05) is 7.05 Å². The SMILES string of the molecule is CCC(CC)C(=O)N(C)Cc1cc2ccccc2o1. The van der Waals surface area contributed by atoms with Gasteiger partial charge in [-0.15, -0.1) is 0 Å². The molecule has 0 aliphatic carbocycles. The van der Waals surface area contributed by atoms with Crippen molar-refractivity contribution in [3.63, 3.8) is 0 Å². The summed E-state index contributed by atoms with van der Waals surface area (Å²) in [5.74, 6) is 1.16. The van der Waals surface area contributed by atoms with Crippen molar-refractivity contribution in [3.8, 4) is 0 Å². The Morgan fingerprint density at radius 2 is 1.95 bits per heavy atom. The Bertz CT molecular complexity index is 522. The van der Waals surface area contributed by atoms with Crippen LogP contribution in [-0.2, 0) is 11.3 Å². The monoisotopic (exact) mass is 259 g/mol. The highest BCUT2D eigenvalue weighted by molar-refractivity contribution is 5.79. The average molecular weight is 259 g/mol. The Hall–Kier alpha value is -1.77. The molecule has 2 aromatic rings. The Labute approximate surface area is 114 Å². The average Bonchev–Trinajstić information content (AvgIpc) is 2.82. The first-order valence-electron chi connectivity index (χ1n) is 6.88. The molecule has 102 valence electrons. The van der Waals surface area contributed by atoms with Gasteiger partial charge in [0.25, 0.3) is 0 Å². The van der Waals surface area contributed by atoms with E-state index in [9.17, 15) is 4.79 Å². The molecule has 0 N–H and O–H groups in total. The summed E-state index contributed by atoms with van der Waals surface area (Å²) in [6.45, 7) is 4.65. The Morgan fingerprint density at radius 1 is 1.26 bits per heavy atom. The number of fused-ring (bicyclic) bond motifs is 1. The molecule has 1 aromatic heterocycles. The molecule has 3 heteroatoms. The lowest BCUT2D eigenvalue weighted by atomic mass is 10.0. The fourth-order valence-corrected chi connectivity index (χ4v) is 2.38. The summed E-state index contributed by atoms with van der Waals surface area (Å²) in [7, 11) is 1.84. The second kappa shape index (κ2) is 5.91. The summed E-state index contributed by atoms with van der Waals surface area (Å²) < 4.78 is 5.74. The third-order valence-corrected chi connectivity index (χ3v) is 3.58. The zero-order valence-corrected chi connectivity index (χ0v) is 11.8. The van der Waals surface area contributed by atoms with Crippen LogP contribution < -0.4 is 0 Å². The van der Waals surface area contributed by atoms with Crippen molar-refractivity contribution in [3.05, 3.63) is 36.1 Å². The number of hydrogen-bond donors (Lipinski definition) is 0. The van der Waals surface area contributed by atoms with Gasteiger partial charge < -0.3 is 9.32 Å². The normalized spacial score (nSPS) is 11.2. The molecule has 1 aromatic carbocycles. The quantitative estimate of drug-likeness (QED) is 0.817. The van der Waals surface area contributed by atoms with E-state index in [-0.39, 0.29) is 11.8 Å². The largest absolute Gasteiger partial charge is 0.459 e. The minimum atomic E-state index is 0.120. The van der Waals surface area contributed by atoms with Gasteiger partial charge in [-0.3, -0.25) is 4.79 Å². The predicted molar refractivity (Wildman–Crippen MR) is 76.8 cm³/mol. The molecule has 0 bridgehead atoms. The molecule has 0 aliphatic heterocycles. The Morgan fingerprint density at radius 3 is 2.58 bits per heavy atom. The van der Waals surface area contributed by atoms with Crippen LogP contribution in [0.4, 0.5) is 0 Å². The minimum absolute atomic E-state index is 0.120. The number of rotatable bonds is 5. The second-order valence-electron chi connectivity index (χ2n) is 4.96. The van der Waals surface area contributed by atoms with E-state index < -0.39 is 0 Å². The van der Waals surface area contributed by atoms with E-state index in [2.05, 4.69) is 13.8 Å². The third-order valence-electron chi connectivity index (χ3n) is 3.58. The first-order valence-corrected chi connectivity index (χ1v) is 6.88. The van der Waals surface area contributed by atoms with Crippen LogP contribution in [0.2, 0.25) is 0 Å². The number of benzene rings is 1. The number of furan rings is 1. The van der Waals surface area contributed by atoms with Crippen molar-refractivity contribution < 1.29 is 9.21 Å². The van der Waals surface area contributed by atoms with Gasteiger partial charge in [0.2, 0.25) is 5.91 Å². The highest BCUT2D eigenvalue weighted by Crippen LogP contribution is 2.20. The molecule has 0 saturated heterocycles. The molecule has 0 saturated carbocycles. The van der Waals surface area contributed by atoms with Crippen LogP contribution in [0, 0.1) is 5.92 Å². The van der Waals surface area contributed by atoms with Crippen molar-refractivity contribution >= 4 is 16.9 Å². The lowest BCUT2D eigenvalue weighted by Crippen LogP contribution is -2.31. The first-order chi connectivity index (χ1) is 9.15. The first kappa shape index (κ1) is 13.7. The van der Waals surface area contributed by atoms with E-state index >= 15 is 0 Å². The van der Waals surface area contributed by atoms with Crippen LogP contribution >= 0.6 is 0 Å². The van der Waals surface area contributed by atoms with Crippen LogP contribution in [0.5, 0.6) is 0 Å². The van der Waals surface area contributed by atoms with Gasteiger partial charge in [0.05, 0.1) is 6.54 Å². The van der Waals surface area contributed by atoms with Gasteiger partial charge in [0, 0.05) is 18.4 Å². The minimum Gasteiger partial charge on any atom is -0.459 e. The molecule has 0 fully saturated rings. The van der Waals surface area contributed by atoms with Crippen LogP contribution in [0.25, 0.3) is 11.0 Å². The molecule has 0 spiro atoms. The molecule has 0 atom stereocenters. The summed E-state index contributed by atoms with van der Waals surface area (Å²) in [6, 6.07) is 9.91. The van der Waals surface area contributed by atoms with Crippen molar-refractivity contribution in [2.45, 2.75) is 33.2 Å². The van der Waals surface area contributed by atoms with E-state index in [0.29, 0.717) is 6.54 Å². The van der Waals surface area contributed by atoms with Gasteiger partial charge in [-0.2, -0.15) is 0 Å². The molecule has 0 unspecified atom stereocenters. The zero-order valence-electron chi connectivity index (χ0n) is 11.8. The highest BCUT2D eigenvalue weighted by atomic mass is 16.3. The maximum absolute atomic E-state index is 12.2. The smallest absolute Gasteiger partial charge is 0.225 e. The molecule has 1 heterocycles. The second-order valence-corrected chi connectivity index (χ2v) is 4.96. The lowest BCUT2D eigenvalue weighted by molar-refractivity contribution is -0.135. The standard InChI is InChI=1S/C16H21NO2/c1-4-12(5-2)16(18)17(3)11-14-10-13-8-6-7-9-15(13)19-14/h6-10,12H,4-5,11H2,1-3H3. The van der Waals surface area contributed by atoms with E-state index in [0.717, 1.165) is 29.6 Å². The van der Waals surface area contributed by atoms with Gasteiger partial charge in [-0.05, 0) is 25.0 Å². The summed E-state index contributed by atoms with van der Waals surface area (Å²) >= 11 is 0. The summed E-state index contributed by atoms with van der Waals surface area (Å²) in [6.07, 6.45) is 1.78. The number of carbonyl (C=O) groups excluding carboxylic acids is 1. The maximum atomic E-state index is 12.2. The summed E-state index contributed by atoms with van der Waals surface area (Å²) in [5, 5.41) is 1.08. The van der Waals surface area contributed by atoms with Gasteiger partial charge in [-0.25, -0.2) is 0 Å². The van der Waals surface area contributed by atoms with Crippen LogP contribution in [0.15, 0.2) is 34.7 Å². The van der Waals surface area contributed by atoms with Gasteiger partial charge in [0.1, 0.15) is 11.3 Å². The summed E-state index contributed by atoms with van der Waals surface area (Å²) in [5.41, 5.74) is 0.876. The fourth-order valence-electron chi connectivity index (χ4n) is 2.38. The number of carbonyl (C=O) groups is 1. The molecular weight excluding hydrogens is 238 g/mol. The number of hydrogen-bond acceptors (Lipinski definition) is 2. The van der Waals surface area contributed by atoms with Gasteiger partial charge >= 0.3 is 0 Å². The molecule has 2 rings (SSSR count). The number of amides is 1. The number of para-hydroxylation sites is 1. The molecule has 3 nitrogen and oxygen atoms in total. The van der Waals surface area contributed by atoms with Crippen molar-refractivity contribution in [2.24, 2.45) is 5.92 Å². The highest BCUT2D eigenvalue weighted by Gasteiger charge is 2.19. The molecular formula is C16H21NO2. The van der Waals surface area contributed by atoms with Crippen LogP contribution in [0.3, 0.4) is 0 Å². The molecule has 0 aliphatic rings. The maximum Gasteiger partial charge on any atom is 0.225 e. The topological polar surface area (TPSA) is 33.5 Å². The van der Waals surface area contributed by atoms with Crippen LogP contribution in [-0.4, -0.2) is 17.9 Å². The van der Waals surface area contributed by atoms with Crippen molar-refractivity contribution in [1.29, 1.82) is 0 Å². The Balaban J connectivity index is 2.09. The van der Waals surface area contributed by atoms with Crippen LogP contribution in [0.1, 0.15) is 32.4 Å². The summed E-state index contributed by atoms with van der Waals surface area (Å²) in [4.78, 5) is 14.0. The van der Waals surface area contributed by atoms with E-state index in [4.69, 9.17) is 4.42 Å². The third kappa shape index (κ3) is 2.98. The molecule has 19 heavy (non-hydrogen) atoms. The Kier molecular flexibility index (Phi) is 4.25. The van der Waals surface area contributed by atoms with Crippen molar-refractivity contribution in [1.82, 2.24) is 4.90 Å². The zero-order chi connectivity index (χ0) is 13.8. The molecule has 1 amide bonds. The fraction of sp³-hybridized carbons (Fsp3) is 0.438. The number of nitrogens with zero attached hydrogens (tertiary/aromatic N) is 1. The van der Waals surface area contributed by atoms with E-state index in [1.807, 2.05) is 37.4 Å². The van der Waals surface area contributed by atoms with E-state index in [1.165, 1.54) is 0 Å². The van der Waals surface area contributed by atoms with Gasteiger partial charge in [0.15, 0.2) is 0 Å². The van der Waals surface area contributed by atoms with Gasteiger partial charge in [-0.1, -0.05) is 32.0 Å².